The Hall–Kier alpha value is -2.67. The molecule has 1 aromatic heterocycles. The number of aryl methyl sites for hydroxylation is 3. The first-order valence-electron chi connectivity index (χ1n) is 6.74. The highest BCUT2D eigenvalue weighted by molar-refractivity contribution is 6.02. The zero-order valence-corrected chi connectivity index (χ0v) is 12.8. The maximum atomic E-state index is 7.75. The summed E-state index contributed by atoms with van der Waals surface area (Å²) in [7, 11) is 3.71. The van der Waals surface area contributed by atoms with Crippen molar-refractivity contribution in [1.82, 2.24) is 4.57 Å². The molecule has 4 N–H and O–H groups in total. The first kappa shape index (κ1) is 14.7. The van der Waals surface area contributed by atoms with Gasteiger partial charge in [-0.3, -0.25) is 5.41 Å². The summed E-state index contributed by atoms with van der Waals surface area (Å²) in [5.74, 6) is 7.15. The summed E-state index contributed by atoms with van der Waals surface area (Å²) in [6.45, 7) is 4.09. The Morgan fingerprint density at radius 3 is 2.52 bits per heavy atom. The molecule has 0 saturated carbocycles. The van der Waals surface area contributed by atoms with Crippen LogP contribution in [0.1, 0.15) is 27.8 Å². The number of benzene rings is 1. The summed E-state index contributed by atoms with van der Waals surface area (Å²) in [4.78, 5) is 0. The van der Waals surface area contributed by atoms with E-state index in [9.17, 15) is 0 Å². The van der Waals surface area contributed by atoms with E-state index in [1.54, 1.807) is 0 Å². The lowest BCUT2D eigenvalue weighted by molar-refractivity contribution is 0.930. The molecule has 0 atom stereocenters. The number of nitrogen functional groups attached to an aromatic ring is 1. The predicted molar refractivity (Wildman–Crippen MR) is 87.9 cm³/mol. The Bertz CT molecular complexity index is 757. The molecule has 0 saturated heterocycles. The molecule has 4 heteroatoms. The van der Waals surface area contributed by atoms with Crippen LogP contribution in [0.2, 0.25) is 0 Å². The lowest BCUT2D eigenvalue weighted by Crippen LogP contribution is -2.14. The fourth-order valence-electron chi connectivity index (χ4n) is 2.30. The monoisotopic (exact) mass is 280 g/mol. The molecular weight excluding hydrogens is 260 g/mol. The Morgan fingerprint density at radius 1 is 1.24 bits per heavy atom. The van der Waals surface area contributed by atoms with Gasteiger partial charge in [0, 0.05) is 25.9 Å². The molecule has 0 bridgehead atoms. The number of hydrogen-bond donors (Lipinski definition) is 3. The molecule has 0 fully saturated rings. The van der Waals surface area contributed by atoms with Crippen LogP contribution in [0.25, 0.3) is 0 Å². The average molecular weight is 280 g/mol. The van der Waals surface area contributed by atoms with Crippen LogP contribution < -0.4 is 11.1 Å². The van der Waals surface area contributed by atoms with Gasteiger partial charge in [0.15, 0.2) is 0 Å². The molecule has 21 heavy (non-hydrogen) atoms. The van der Waals surface area contributed by atoms with Crippen LogP contribution >= 0.6 is 0 Å². The van der Waals surface area contributed by atoms with E-state index in [2.05, 4.69) is 35.4 Å². The second-order valence-corrected chi connectivity index (χ2v) is 5.11. The Kier molecular flexibility index (Phi) is 4.04. The number of rotatable bonds is 2. The fraction of sp³-hybridized carbons (Fsp3) is 0.235. The molecular formula is C17H20N4. The molecule has 0 amide bonds. The van der Waals surface area contributed by atoms with E-state index in [-0.39, 0.29) is 5.84 Å². The van der Waals surface area contributed by atoms with Gasteiger partial charge < -0.3 is 15.6 Å². The SMILES string of the molecule is CNc1c(C(=N)N)c(C#Cc2cc(C)ccc2C)cn1C. The summed E-state index contributed by atoms with van der Waals surface area (Å²) < 4.78 is 1.89. The summed E-state index contributed by atoms with van der Waals surface area (Å²) in [5.41, 5.74) is 10.4. The fourth-order valence-corrected chi connectivity index (χ4v) is 2.30. The second-order valence-electron chi connectivity index (χ2n) is 5.11. The van der Waals surface area contributed by atoms with Crippen LogP contribution in [0.5, 0.6) is 0 Å². The topological polar surface area (TPSA) is 66.8 Å². The van der Waals surface area contributed by atoms with Gasteiger partial charge >= 0.3 is 0 Å². The van der Waals surface area contributed by atoms with Crippen molar-refractivity contribution in [2.75, 3.05) is 12.4 Å². The van der Waals surface area contributed by atoms with Crippen molar-refractivity contribution in [2.24, 2.45) is 12.8 Å². The number of hydrogen-bond acceptors (Lipinski definition) is 2. The van der Waals surface area contributed by atoms with Crippen LogP contribution in [0.15, 0.2) is 24.4 Å². The zero-order chi connectivity index (χ0) is 15.6. The van der Waals surface area contributed by atoms with Gasteiger partial charge in [0.05, 0.1) is 11.1 Å². The van der Waals surface area contributed by atoms with Gasteiger partial charge in [-0.1, -0.05) is 24.0 Å². The van der Waals surface area contributed by atoms with Crippen LogP contribution in [0, 0.1) is 31.1 Å². The quantitative estimate of drug-likeness (QED) is 0.449. The summed E-state index contributed by atoms with van der Waals surface area (Å²) >= 11 is 0. The number of aromatic nitrogens is 1. The molecule has 1 aromatic carbocycles. The van der Waals surface area contributed by atoms with Crippen LogP contribution in [0.4, 0.5) is 5.82 Å². The molecule has 1 heterocycles. The van der Waals surface area contributed by atoms with E-state index in [4.69, 9.17) is 11.1 Å². The third kappa shape index (κ3) is 2.92. The van der Waals surface area contributed by atoms with Gasteiger partial charge in [-0.05, 0) is 31.0 Å². The zero-order valence-electron chi connectivity index (χ0n) is 12.8. The third-order valence-electron chi connectivity index (χ3n) is 3.41. The Balaban J connectivity index is 2.53. The van der Waals surface area contributed by atoms with E-state index in [1.807, 2.05) is 38.7 Å². The molecule has 0 radical (unpaired) electrons. The van der Waals surface area contributed by atoms with Gasteiger partial charge in [-0.2, -0.15) is 0 Å². The smallest absolute Gasteiger partial charge is 0.127 e. The van der Waals surface area contributed by atoms with E-state index in [1.165, 1.54) is 5.56 Å². The van der Waals surface area contributed by atoms with Crippen molar-refractivity contribution in [2.45, 2.75) is 13.8 Å². The minimum absolute atomic E-state index is 0.0187. The van der Waals surface area contributed by atoms with Gasteiger partial charge in [0.25, 0.3) is 0 Å². The highest BCUT2D eigenvalue weighted by Crippen LogP contribution is 2.20. The van der Waals surface area contributed by atoms with Crippen molar-refractivity contribution < 1.29 is 0 Å². The molecule has 108 valence electrons. The number of anilines is 1. The van der Waals surface area contributed by atoms with Gasteiger partial charge in [-0.25, -0.2) is 0 Å². The molecule has 0 aliphatic carbocycles. The lowest BCUT2D eigenvalue weighted by Gasteiger charge is -2.04. The third-order valence-corrected chi connectivity index (χ3v) is 3.41. The predicted octanol–water partition coefficient (Wildman–Crippen LogP) is 2.37. The lowest BCUT2D eigenvalue weighted by atomic mass is 10.1. The first-order chi connectivity index (χ1) is 9.93. The van der Waals surface area contributed by atoms with E-state index in [0.29, 0.717) is 5.56 Å². The largest absolute Gasteiger partial charge is 0.384 e. The molecule has 4 nitrogen and oxygen atoms in total. The minimum Gasteiger partial charge on any atom is -0.384 e. The van der Waals surface area contributed by atoms with Gasteiger partial charge in [0.1, 0.15) is 11.7 Å². The normalized spacial score (nSPS) is 9.90. The Morgan fingerprint density at radius 2 is 1.90 bits per heavy atom. The van der Waals surface area contributed by atoms with Crippen molar-refractivity contribution >= 4 is 11.7 Å². The maximum absolute atomic E-state index is 7.75. The van der Waals surface area contributed by atoms with Gasteiger partial charge in [0.2, 0.25) is 0 Å². The highest BCUT2D eigenvalue weighted by atomic mass is 15.1. The maximum Gasteiger partial charge on any atom is 0.127 e. The first-order valence-corrected chi connectivity index (χ1v) is 6.74. The number of nitrogens with one attached hydrogen (secondary N) is 2. The van der Waals surface area contributed by atoms with Crippen molar-refractivity contribution in [3.8, 4) is 11.8 Å². The number of amidine groups is 1. The minimum atomic E-state index is 0.0187. The van der Waals surface area contributed by atoms with Crippen molar-refractivity contribution in [3.63, 3.8) is 0 Å². The van der Waals surface area contributed by atoms with Crippen molar-refractivity contribution in [3.05, 3.63) is 52.2 Å². The summed E-state index contributed by atoms with van der Waals surface area (Å²) in [6.07, 6.45) is 1.89. The highest BCUT2D eigenvalue weighted by Gasteiger charge is 2.14. The molecule has 0 aliphatic heterocycles. The molecule has 2 rings (SSSR count). The van der Waals surface area contributed by atoms with Crippen LogP contribution in [0.3, 0.4) is 0 Å². The second kappa shape index (κ2) is 5.76. The number of nitrogens with two attached hydrogens (primary N) is 1. The summed E-state index contributed by atoms with van der Waals surface area (Å²) in [6, 6.07) is 6.20. The van der Waals surface area contributed by atoms with E-state index in [0.717, 1.165) is 22.5 Å². The molecule has 0 spiro atoms. The van der Waals surface area contributed by atoms with Gasteiger partial charge in [-0.15, -0.1) is 0 Å². The van der Waals surface area contributed by atoms with E-state index >= 15 is 0 Å². The van der Waals surface area contributed by atoms with Crippen LogP contribution in [-0.4, -0.2) is 17.5 Å². The van der Waals surface area contributed by atoms with E-state index < -0.39 is 0 Å². The Labute approximate surface area is 125 Å². The molecule has 0 aliphatic rings. The van der Waals surface area contributed by atoms with Crippen LogP contribution in [-0.2, 0) is 7.05 Å². The summed E-state index contributed by atoms with van der Waals surface area (Å²) in [5, 5.41) is 10.8. The average Bonchev–Trinajstić information content (AvgIpc) is 2.75. The molecule has 2 aromatic rings. The molecule has 0 unspecified atom stereocenters. The number of nitrogens with zero attached hydrogens (tertiary/aromatic N) is 1. The van der Waals surface area contributed by atoms with Crippen molar-refractivity contribution in [1.29, 1.82) is 5.41 Å². The standard InChI is InChI=1S/C17H20N4/c1-11-5-6-12(2)13(9-11)7-8-14-10-21(4)17(20-3)15(14)16(18)19/h5-6,9-10,20H,1-4H3,(H3,18,19).